The molecule has 0 aliphatic carbocycles. The molecule has 110 valence electrons. The summed E-state index contributed by atoms with van der Waals surface area (Å²) in [5.74, 6) is 0. The molecule has 0 spiro atoms. The molecule has 0 saturated carbocycles. The molecular formula is C18H28N2. The number of benzene rings is 1. The predicted molar refractivity (Wildman–Crippen MR) is 86.5 cm³/mol. The molecule has 2 saturated heterocycles. The van der Waals surface area contributed by atoms with Gasteiger partial charge >= 0.3 is 0 Å². The molecule has 2 atom stereocenters. The van der Waals surface area contributed by atoms with Crippen molar-refractivity contribution in [2.45, 2.75) is 58.0 Å². The highest BCUT2D eigenvalue weighted by atomic mass is 15.3. The Kier molecular flexibility index (Phi) is 4.30. The Balaban J connectivity index is 1.86. The van der Waals surface area contributed by atoms with Crippen LogP contribution in [0.15, 0.2) is 24.3 Å². The van der Waals surface area contributed by atoms with Crippen LogP contribution in [0.3, 0.4) is 0 Å². The summed E-state index contributed by atoms with van der Waals surface area (Å²) in [6, 6.07) is 10.5. The highest BCUT2D eigenvalue weighted by Gasteiger charge is 2.34. The van der Waals surface area contributed by atoms with Gasteiger partial charge in [0.25, 0.3) is 0 Å². The van der Waals surface area contributed by atoms with Crippen LogP contribution in [0.2, 0.25) is 0 Å². The number of para-hydroxylation sites is 1. The molecule has 20 heavy (non-hydrogen) atoms. The van der Waals surface area contributed by atoms with Gasteiger partial charge in [-0.05, 0) is 43.9 Å². The minimum Gasteiger partial charge on any atom is -0.365 e. The Labute approximate surface area is 123 Å². The van der Waals surface area contributed by atoms with Gasteiger partial charge in [-0.2, -0.15) is 0 Å². The number of rotatable bonds is 3. The quantitative estimate of drug-likeness (QED) is 0.828. The van der Waals surface area contributed by atoms with E-state index in [0.717, 1.165) is 12.5 Å². The monoisotopic (exact) mass is 272 g/mol. The number of fused-ring (bicyclic) bond motifs is 1. The molecule has 2 heterocycles. The van der Waals surface area contributed by atoms with Crippen molar-refractivity contribution in [2.24, 2.45) is 0 Å². The standard InChI is InChI=1S/C18H28N2/c1-3-15-9-5-6-11-18(15)20-14-17-10-7-8-12-19(17)13-16(20)4-2/h5-6,9,11,16-17H,3-4,7-8,10,12-14H2,1-2H3. The van der Waals surface area contributed by atoms with E-state index in [0.29, 0.717) is 6.04 Å². The molecule has 2 fully saturated rings. The lowest BCUT2D eigenvalue weighted by Gasteiger charge is -2.49. The third-order valence-electron chi connectivity index (χ3n) is 5.20. The zero-order chi connectivity index (χ0) is 13.9. The summed E-state index contributed by atoms with van der Waals surface area (Å²) in [5, 5.41) is 0. The van der Waals surface area contributed by atoms with Gasteiger partial charge in [0.15, 0.2) is 0 Å². The maximum absolute atomic E-state index is 2.75. The lowest BCUT2D eigenvalue weighted by atomic mass is 9.94. The molecule has 2 heteroatoms. The maximum atomic E-state index is 2.75. The van der Waals surface area contributed by atoms with Crippen molar-refractivity contribution in [3.05, 3.63) is 29.8 Å². The highest BCUT2D eigenvalue weighted by Crippen LogP contribution is 2.31. The number of hydrogen-bond acceptors (Lipinski definition) is 2. The number of piperidine rings is 1. The number of anilines is 1. The van der Waals surface area contributed by atoms with Gasteiger partial charge in [-0.15, -0.1) is 0 Å². The first-order valence-electron chi connectivity index (χ1n) is 8.42. The van der Waals surface area contributed by atoms with E-state index in [1.165, 1.54) is 56.6 Å². The van der Waals surface area contributed by atoms with Crippen molar-refractivity contribution in [3.8, 4) is 0 Å². The second-order valence-corrected chi connectivity index (χ2v) is 6.34. The lowest BCUT2D eigenvalue weighted by molar-refractivity contribution is 0.111. The zero-order valence-corrected chi connectivity index (χ0v) is 13.0. The SMILES string of the molecule is CCc1ccccc1N1CC2CCCCN2CC1CC. The highest BCUT2D eigenvalue weighted by molar-refractivity contribution is 5.55. The average Bonchev–Trinajstić information content (AvgIpc) is 2.53. The smallest absolute Gasteiger partial charge is 0.0415 e. The topological polar surface area (TPSA) is 6.48 Å². The molecule has 0 bridgehead atoms. The summed E-state index contributed by atoms with van der Waals surface area (Å²) < 4.78 is 0. The van der Waals surface area contributed by atoms with Crippen molar-refractivity contribution in [1.82, 2.24) is 4.90 Å². The zero-order valence-electron chi connectivity index (χ0n) is 13.0. The molecule has 0 amide bonds. The Bertz CT molecular complexity index is 443. The van der Waals surface area contributed by atoms with E-state index in [1.54, 1.807) is 0 Å². The van der Waals surface area contributed by atoms with Crippen LogP contribution >= 0.6 is 0 Å². The molecule has 2 aliphatic rings. The first-order chi connectivity index (χ1) is 9.83. The van der Waals surface area contributed by atoms with E-state index in [2.05, 4.69) is 47.9 Å². The molecular weight excluding hydrogens is 244 g/mol. The summed E-state index contributed by atoms with van der Waals surface area (Å²) in [6.07, 6.45) is 6.60. The normalized spacial score (nSPS) is 27.4. The van der Waals surface area contributed by atoms with E-state index < -0.39 is 0 Å². The lowest BCUT2D eigenvalue weighted by Crippen LogP contribution is -2.59. The van der Waals surface area contributed by atoms with E-state index in [4.69, 9.17) is 0 Å². The fourth-order valence-corrected chi connectivity index (χ4v) is 3.99. The third-order valence-corrected chi connectivity index (χ3v) is 5.20. The first-order valence-corrected chi connectivity index (χ1v) is 8.42. The average molecular weight is 272 g/mol. The van der Waals surface area contributed by atoms with Gasteiger partial charge in [-0.3, -0.25) is 4.90 Å². The van der Waals surface area contributed by atoms with Gasteiger partial charge < -0.3 is 4.90 Å². The first kappa shape index (κ1) is 13.9. The van der Waals surface area contributed by atoms with E-state index >= 15 is 0 Å². The van der Waals surface area contributed by atoms with Crippen molar-refractivity contribution in [1.29, 1.82) is 0 Å². The molecule has 1 aromatic carbocycles. The molecule has 2 nitrogen and oxygen atoms in total. The number of piperazine rings is 1. The van der Waals surface area contributed by atoms with Crippen LogP contribution in [-0.2, 0) is 6.42 Å². The van der Waals surface area contributed by atoms with Crippen LogP contribution in [0.4, 0.5) is 5.69 Å². The van der Waals surface area contributed by atoms with Gasteiger partial charge in [0.2, 0.25) is 0 Å². The minimum absolute atomic E-state index is 0.692. The summed E-state index contributed by atoms with van der Waals surface area (Å²) in [7, 11) is 0. The molecule has 2 unspecified atom stereocenters. The van der Waals surface area contributed by atoms with Gasteiger partial charge in [0.05, 0.1) is 0 Å². The Hall–Kier alpha value is -1.02. The number of nitrogens with zero attached hydrogens (tertiary/aromatic N) is 2. The van der Waals surface area contributed by atoms with Gasteiger partial charge in [-0.25, -0.2) is 0 Å². The molecule has 1 aromatic rings. The maximum Gasteiger partial charge on any atom is 0.0415 e. The van der Waals surface area contributed by atoms with Crippen molar-refractivity contribution >= 4 is 5.69 Å². The number of hydrogen-bond donors (Lipinski definition) is 0. The van der Waals surface area contributed by atoms with Gasteiger partial charge in [0, 0.05) is 30.9 Å². The fourth-order valence-electron chi connectivity index (χ4n) is 3.99. The van der Waals surface area contributed by atoms with Gasteiger partial charge in [-0.1, -0.05) is 38.5 Å². The van der Waals surface area contributed by atoms with Crippen LogP contribution in [0, 0.1) is 0 Å². The second kappa shape index (κ2) is 6.17. The molecule has 2 aliphatic heterocycles. The molecule has 0 aromatic heterocycles. The Morgan fingerprint density at radius 1 is 1.10 bits per heavy atom. The summed E-state index contributed by atoms with van der Waals surface area (Å²) in [6.45, 7) is 8.44. The minimum atomic E-state index is 0.692. The van der Waals surface area contributed by atoms with Crippen molar-refractivity contribution in [3.63, 3.8) is 0 Å². The van der Waals surface area contributed by atoms with Gasteiger partial charge in [0.1, 0.15) is 0 Å². The van der Waals surface area contributed by atoms with Crippen LogP contribution in [0.5, 0.6) is 0 Å². The van der Waals surface area contributed by atoms with Crippen LogP contribution in [0.25, 0.3) is 0 Å². The van der Waals surface area contributed by atoms with Crippen molar-refractivity contribution in [2.75, 3.05) is 24.5 Å². The number of aryl methyl sites for hydroxylation is 1. The largest absolute Gasteiger partial charge is 0.365 e. The predicted octanol–water partition coefficient (Wildman–Crippen LogP) is 3.70. The summed E-state index contributed by atoms with van der Waals surface area (Å²) in [5.41, 5.74) is 3.00. The Morgan fingerprint density at radius 2 is 1.95 bits per heavy atom. The van der Waals surface area contributed by atoms with E-state index in [1.807, 2.05) is 0 Å². The molecule has 3 rings (SSSR count). The second-order valence-electron chi connectivity index (χ2n) is 6.34. The molecule has 0 radical (unpaired) electrons. The third kappa shape index (κ3) is 2.58. The van der Waals surface area contributed by atoms with E-state index in [-0.39, 0.29) is 0 Å². The van der Waals surface area contributed by atoms with Crippen LogP contribution < -0.4 is 4.90 Å². The molecule has 0 N–H and O–H groups in total. The van der Waals surface area contributed by atoms with Crippen molar-refractivity contribution < 1.29 is 0 Å². The van der Waals surface area contributed by atoms with Crippen LogP contribution in [-0.4, -0.2) is 36.6 Å². The summed E-state index contributed by atoms with van der Waals surface area (Å²) >= 11 is 0. The van der Waals surface area contributed by atoms with Crippen LogP contribution in [0.1, 0.15) is 45.1 Å². The fraction of sp³-hybridized carbons (Fsp3) is 0.667. The summed E-state index contributed by atoms with van der Waals surface area (Å²) in [4.78, 5) is 5.47. The Morgan fingerprint density at radius 3 is 2.75 bits per heavy atom. The van der Waals surface area contributed by atoms with E-state index in [9.17, 15) is 0 Å².